The highest BCUT2D eigenvalue weighted by Gasteiger charge is 2.22. The van der Waals surface area contributed by atoms with Crippen LogP contribution in [0.3, 0.4) is 0 Å². The third kappa shape index (κ3) is 6.77. The molecule has 0 radical (unpaired) electrons. The number of hydrogen-bond acceptors (Lipinski definition) is 3. The molecule has 0 aliphatic carbocycles. The Bertz CT molecular complexity index is 421. The van der Waals surface area contributed by atoms with Crippen molar-refractivity contribution in [1.29, 1.82) is 0 Å². The molecule has 1 aromatic carbocycles. The number of carbonyl (C=O) groups is 1. The molecule has 22 heavy (non-hydrogen) atoms. The molecular weight excluding hydrogens is 302 g/mol. The van der Waals surface area contributed by atoms with Crippen LogP contribution in [0.2, 0.25) is 0 Å². The van der Waals surface area contributed by atoms with Gasteiger partial charge >= 0.3 is 5.97 Å². The van der Waals surface area contributed by atoms with Gasteiger partial charge < -0.3 is 9.84 Å². The van der Waals surface area contributed by atoms with Crippen molar-refractivity contribution in [2.45, 2.75) is 38.1 Å². The van der Waals surface area contributed by atoms with Crippen LogP contribution in [0.15, 0.2) is 30.3 Å². The summed E-state index contributed by atoms with van der Waals surface area (Å²) in [4.78, 5) is 13.1. The van der Waals surface area contributed by atoms with Gasteiger partial charge in [-0.25, -0.2) is 0 Å². The average Bonchev–Trinajstić information content (AvgIpc) is 3.01. The molecule has 1 fully saturated rings. The van der Waals surface area contributed by atoms with E-state index in [-0.39, 0.29) is 18.8 Å². The summed E-state index contributed by atoms with van der Waals surface area (Å²) < 4.78 is 5.50. The zero-order valence-corrected chi connectivity index (χ0v) is 13.8. The largest absolute Gasteiger partial charge is 0.481 e. The lowest BCUT2D eigenvalue weighted by Gasteiger charge is -2.27. The number of halogens is 1. The van der Waals surface area contributed by atoms with Gasteiger partial charge in [-0.2, -0.15) is 0 Å². The van der Waals surface area contributed by atoms with Crippen molar-refractivity contribution in [2.24, 2.45) is 0 Å². The molecule has 1 unspecified atom stereocenters. The first-order valence-corrected chi connectivity index (χ1v) is 7.83. The van der Waals surface area contributed by atoms with Gasteiger partial charge in [0.15, 0.2) is 0 Å². The summed E-state index contributed by atoms with van der Waals surface area (Å²) in [5.41, 5.74) is 1.35. The van der Waals surface area contributed by atoms with E-state index < -0.39 is 5.97 Å². The van der Waals surface area contributed by atoms with Crippen molar-refractivity contribution in [1.82, 2.24) is 4.90 Å². The summed E-state index contributed by atoms with van der Waals surface area (Å²) in [5.74, 6) is -0.699. The number of benzene rings is 1. The van der Waals surface area contributed by atoms with Gasteiger partial charge in [0.05, 0.1) is 6.61 Å². The van der Waals surface area contributed by atoms with Gasteiger partial charge in [-0.05, 0) is 37.8 Å². The zero-order chi connectivity index (χ0) is 14.9. The Labute approximate surface area is 138 Å². The predicted molar refractivity (Wildman–Crippen MR) is 89.7 cm³/mol. The maximum Gasteiger partial charge on any atom is 0.303 e. The van der Waals surface area contributed by atoms with Gasteiger partial charge in [0.1, 0.15) is 0 Å². The molecule has 1 heterocycles. The Hall–Kier alpha value is -1.10. The first-order chi connectivity index (χ1) is 10.3. The molecular formula is C17H26ClNO3. The van der Waals surface area contributed by atoms with Crippen LogP contribution in [0, 0.1) is 0 Å². The van der Waals surface area contributed by atoms with Crippen LogP contribution in [0.4, 0.5) is 0 Å². The highest BCUT2D eigenvalue weighted by atomic mass is 35.5. The van der Waals surface area contributed by atoms with E-state index in [4.69, 9.17) is 9.84 Å². The fourth-order valence-electron chi connectivity index (χ4n) is 2.80. The summed E-state index contributed by atoms with van der Waals surface area (Å²) in [6, 6.07) is 11.0. The summed E-state index contributed by atoms with van der Waals surface area (Å²) in [6.45, 7) is 3.65. The Balaban J connectivity index is 0.00000242. The van der Waals surface area contributed by atoms with Crippen molar-refractivity contribution < 1.29 is 14.6 Å². The molecule has 1 aromatic rings. The Morgan fingerprint density at radius 2 is 2.00 bits per heavy atom. The number of carboxylic acid groups (broad SMARTS) is 1. The number of hydrogen-bond donors (Lipinski definition) is 1. The van der Waals surface area contributed by atoms with Crippen LogP contribution in [0.25, 0.3) is 0 Å². The van der Waals surface area contributed by atoms with E-state index in [0.29, 0.717) is 6.04 Å². The molecule has 0 aromatic heterocycles. The second-order valence-electron chi connectivity index (χ2n) is 5.64. The SMILES string of the molecule is Cl.O=C(O)CCCCN(CCc1ccccc1)C1CCOC1. The van der Waals surface area contributed by atoms with Crippen LogP contribution in [-0.2, 0) is 16.0 Å². The number of ether oxygens (including phenoxy) is 1. The van der Waals surface area contributed by atoms with Crippen molar-refractivity contribution in [3.8, 4) is 0 Å². The number of unbranched alkanes of at least 4 members (excludes halogenated alkanes) is 1. The van der Waals surface area contributed by atoms with E-state index in [1.807, 2.05) is 6.07 Å². The monoisotopic (exact) mass is 327 g/mol. The van der Waals surface area contributed by atoms with Crippen LogP contribution >= 0.6 is 12.4 Å². The smallest absolute Gasteiger partial charge is 0.303 e. The lowest BCUT2D eigenvalue weighted by molar-refractivity contribution is -0.137. The Morgan fingerprint density at radius 1 is 1.23 bits per heavy atom. The van der Waals surface area contributed by atoms with Crippen LogP contribution in [-0.4, -0.2) is 48.3 Å². The number of nitrogens with zero attached hydrogens (tertiary/aromatic N) is 1. The zero-order valence-electron chi connectivity index (χ0n) is 12.9. The highest BCUT2D eigenvalue weighted by Crippen LogP contribution is 2.15. The molecule has 0 saturated carbocycles. The molecule has 1 N–H and O–H groups in total. The lowest BCUT2D eigenvalue weighted by atomic mass is 10.1. The van der Waals surface area contributed by atoms with Crippen LogP contribution in [0.1, 0.15) is 31.2 Å². The van der Waals surface area contributed by atoms with Gasteiger partial charge in [-0.1, -0.05) is 30.3 Å². The minimum atomic E-state index is -0.699. The topological polar surface area (TPSA) is 49.8 Å². The van der Waals surface area contributed by atoms with Crippen LogP contribution < -0.4 is 0 Å². The quantitative estimate of drug-likeness (QED) is 0.708. The van der Waals surface area contributed by atoms with Gasteiger partial charge in [-0.15, -0.1) is 12.4 Å². The molecule has 1 aliphatic rings. The Morgan fingerprint density at radius 3 is 2.64 bits per heavy atom. The Kier molecular flexibility index (Phi) is 9.13. The maximum absolute atomic E-state index is 10.6. The van der Waals surface area contributed by atoms with Crippen molar-refractivity contribution in [3.05, 3.63) is 35.9 Å². The second-order valence-corrected chi connectivity index (χ2v) is 5.64. The van der Waals surface area contributed by atoms with Gasteiger partial charge in [-0.3, -0.25) is 9.69 Å². The molecule has 2 rings (SSSR count). The van der Waals surface area contributed by atoms with E-state index in [1.54, 1.807) is 0 Å². The molecule has 1 saturated heterocycles. The van der Waals surface area contributed by atoms with E-state index in [2.05, 4.69) is 29.2 Å². The molecule has 0 bridgehead atoms. The van der Waals surface area contributed by atoms with Crippen LogP contribution in [0.5, 0.6) is 0 Å². The van der Waals surface area contributed by atoms with Crippen molar-refractivity contribution in [3.63, 3.8) is 0 Å². The number of aliphatic carboxylic acids is 1. The third-order valence-corrected chi connectivity index (χ3v) is 4.04. The third-order valence-electron chi connectivity index (χ3n) is 4.04. The maximum atomic E-state index is 10.6. The molecule has 1 atom stereocenters. The number of rotatable bonds is 9. The molecule has 5 heteroatoms. The normalized spacial score (nSPS) is 17.4. The minimum Gasteiger partial charge on any atom is -0.481 e. The van der Waals surface area contributed by atoms with E-state index in [1.165, 1.54) is 5.56 Å². The summed E-state index contributed by atoms with van der Waals surface area (Å²) >= 11 is 0. The standard InChI is InChI=1S/C17H25NO3.ClH/c19-17(20)8-4-5-11-18(16-10-13-21-14-16)12-9-15-6-2-1-3-7-15;/h1-3,6-7,16H,4-5,8-14H2,(H,19,20);1H. The summed E-state index contributed by atoms with van der Waals surface area (Å²) in [6.07, 6.45) is 4.10. The average molecular weight is 328 g/mol. The van der Waals surface area contributed by atoms with Crippen molar-refractivity contribution >= 4 is 18.4 Å². The van der Waals surface area contributed by atoms with Gasteiger partial charge in [0.25, 0.3) is 0 Å². The fourth-order valence-corrected chi connectivity index (χ4v) is 2.80. The lowest BCUT2D eigenvalue weighted by Crippen LogP contribution is -2.38. The van der Waals surface area contributed by atoms with Gasteiger partial charge in [0, 0.05) is 25.6 Å². The molecule has 1 aliphatic heterocycles. The summed E-state index contributed by atoms with van der Waals surface area (Å²) in [5, 5.41) is 8.71. The fraction of sp³-hybridized carbons (Fsp3) is 0.588. The molecule has 124 valence electrons. The first kappa shape index (κ1) is 18.9. The first-order valence-electron chi connectivity index (χ1n) is 7.83. The minimum absolute atomic E-state index is 0. The number of carboxylic acids is 1. The molecule has 0 amide bonds. The van der Waals surface area contributed by atoms with E-state index in [0.717, 1.165) is 52.0 Å². The highest BCUT2D eigenvalue weighted by molar-refractivity contribution is 5.85. The molecule has 0 spiro atoms. The summed E-state index contributed by atoms with van der Waals surface area (Å²) in [7, 11) is 0. The molecule has 4 nitrogen and oxygen atoms in total. The second kappa shape index (κ2) is 10.6. The van der Waals surface area contributed by atoms with Crippen molar-refractivity contribution in [2.75, 3.05) is 26.3 Å². The van der Waals surface area contributed by atoms with E-state index in [9.17, 15) is 4.79 Å². The predicted octanol–water partition coefficient (Wildman–Crippen LogP) is 3.00. The van der Waals surface area contributed by atoms with E-state index >= 15 is 0 Å². The van der Waals surface area contributed by atoms with Gasteiger partial charge in [0.2, 0.25) is 0 Å².